The molecule has 1 atom stereocenters. The Kier molecular flexibility index (Phi) is 8.93. The van der Waals surface area contributed by atoms with E-state index in [-0.39, 0.29) is 24.4 Å². The number of rotatable bonds is 9. The van der Waals surface area contributed by atoms with E-state index in [2.05, 4.69) is 50.3 Å². The van der Waals surface area contributed by atoms with Crippen LogP contribution < -0.4 is 10.1 Å². The van der Waals surface area contributed by atoms with Crippen LogP contribution in [-0.4, -0.2) is 86.0 Å². The lowest BCUT2D eigenvalue weighted by atomic mass is 9.97. The molecule has 0 spiro atoms. The number of ether oxygens (including phenoxy) is 1. The number of nitrogens with one attached hydrogen (secondary N) is 1. The highest BCUT2D eigenvalue weighted by atomic mass is 16.5. The number of carbonyl (C=O) groups is 2. The van der Waals surface area contributed by atoms with Crippen molar-refractivity contribution in [2.75, 3.05) is 53.4 Å². The van der Waals surface area contributed by atoms with Gasteiger partial charge in [0.1, 0.15) is 5.75 Å². The van der Waals surface area contributed by atoms with Crippen LogP contribution in [0.15, 0.2) is 24.3 Å². The van der Waals surface area contributed by atoms with Gasteiger partial charge < -0.3 is 24.8 Å². The minimum atomic E-state index is -0.156. The van der Waals surface area contributed by atoms with E-state index in [1.807, 2.05) is 17.0 Å². The summed E-state index contributed by atoms with van der Waals surface area (Å²) in [6.45, 7) is 8.89. The number of amides is 2. The molecule has 2 fully saturated rings. The number of nitrogens with zero attached hydrogens (tertiary/aromatic N) is 3. The normalized spacial score (nSPS) is 20.3. The molecule has 7 heteroatoms. The van der Waals surface area contributed by atoms with Gasteiger partial charge in [0.15, 0.2) is 0 Å². The first-order valence-electron chi connectivity index (χ1n) is 12.0. The molecule has 0 bridgehead atoms. The van der Waals surface area contributed by atoms with Crippen molar-refractivity contribution in [2.24, 2.45) is 11.8 Å². The van der Waals surface area contributed by atoms with Crippen molar-refractivity contribution in [3.05, 3.63) is 29.8 Å². The SMILES string of the molecule is CC(C)C[C@@H]1NCCN(CC(=O)N2CCC(COc3ccc(CN(C)C)cc3)CC2)C1=O. The van der Waals surface area contributed by atoms with Crippen LogP contribution in [0.3, 0.4) is 0 Å². The van der Waals surface area contributed by atoms with Crippen LogP contribution >= 0.6 is 0 Å². The van der Waals surface area contributed by atoms with Crippen molar-refractivity contribution in [1.29, 1.82) is 0 Å². The average molecular weight is 445 g/mol. The van der Waals surface area contributed by atoms with Crippen LogP contribution in [0.5, 0.6) is 5.75 Å². The number of piperazine rings is 1. The third kappa shape index (κ3) is 7.20. The van der Waals surface area contributed by atoms with Crippen molar-refractivity contribution < 1.29 is 14.3 Å². The molecule has 2 aliphatic rings. The minimum Gasteiger partial charge on any atom is -0.493 e. The van der Waals surface area contributed by atoms with Crippen LogP contribution in [0.25, 0.3) is 0 Å². The van der Waals surface area contributed by atoms with E-state index in [4.69, 9.17) is 4.74 Å². The monoisotopic (exact) mass is 444 g/mol. The van der Waals surface area contributed by atoms with E-state index in [0.717, 1.165) is 51.2 Å². The summed E-state index contributed by atoms with van der Waals surface area (Å²) in [6, 6.07) is 8.14. The Bertz CT molecular complexity index is 742. The molecule has 2 heterocycles. The summed E-state index contributed by atoms with van der Waals surface area (Å²) in [6.07, 6.45) is 2.69. The minimum absolute atomic E-state index is 0.0678. The summed E-state index contributed by atoms with van der Waals surface area (Å²) in [7, 11) is 4.12. The largest absolute Gasteiger partial charge is 0.493 e. The number of carbonyl (C=O) groups excluding carboxylic acids is 2. The predicted octanol–water partition coefficient (Wildman–Crippen LogP) is 2.21. The summed E-state index contributed by atoms with van der Waals surface area (Å²) in [4.78, 5) is 31.3. The van der Waals surface area contributed by atoms with Crippen LogP contribution in [0.4, 0.5) is 0 Å². The second kappa shape index (κ2) is 11.7. The van der Waals surface area contributed by atoms with Gasteiger partial charge in [-0.3, -0.25) is 9.59 Å². The lowest BCUT2D eigenvalue weighted by Gasteiger charge is -2.36. The highest BCUT2D eigenvalue weighted by Crippen LogP contribution is 2.21. The first kappa shape index (κ1) is 24.5. The fourth-order valence-electron chi connectivity index (χ4n) is 4.49. The maximum atomic E-state index is 12.8. The van der Waals surface area contributed by atoms with Gasteiger partial charge in [0.05, 0.1) is 19.2 Å². The molecule has 0 saturated carbocycles. The Labute approximate surface area is 193 Å². The molecular formula is C25H40N4O3. The molecule has 1 N–H and O–H groups in total. The Balaban J connectivity index is 1.39. The van der Waals surface area contributed by atoms with Gasteiger partial charge in [-0.2, -0.15) is 0 Å². The van der Waals surface area contributed by atoms with Gasteiger partial charge in [0.2, 0.25) is 11.8 Å². The highest BCUT2D eigenvalue weighted by Gasteiger charge is 2.31. The van der Waals surface area contributed by atoms with E-state index < -0.39 is 0 Å². The molecule has 0 unspecified atom stereocenters. The summed E-state index contributed by atoms with van der Waals surface area (Å²) >= 11 is 0. The van der Waals surface area contributed by atoms with Gasteiger partial charge in [-0.25, -0.2) is 0 Å². The molecule has 3 rings (SSSR count). The van der Waals surface area contributed by atoms with Gasteiger partial charge in [0.25, 0.3) is 0 Å². The molecule has 2 aliphatic heterocycles. The van der Waals surface area contributed by atoms with Crippen LogP contribution in [0.2, 0.25) is 0 Å². The van der Waals surface area contributed by atoms with Crippen molar-refractivity contribution >= 4 is 11.8 Å². The van der Waals surface area contributed by atoms with Crippen molar-refractivity contribution in [1.82, 2.24) is 20.0 Å². The van der Waals surface area contributed by atoms with Crippen molar-refractivity contribution in [3.63, 3.8) is 0 Å². The molecule has 2 saturated heterocycles. The zero-order valence-electron chi connectivity index (χ0n) is 20.2. The van der Waals surface area contributed by atoms with Gasteiger partial charge in [-0.05, 0) is 62.9 Å². The van der Waals surface area contributed by atoms with Crippen LogP contribution in [-0.2, 0) is 16.1 Å². The molecular weight excluding hydrogens is 404 g/mol. The molecule has 1 aromatic rings. The van der Waals surface area contributed by atoms with Crippen molar-refractivity contribution in [2.45, 2.75) is 45.7 Å². The summed E-state index contributed by atoms with van der Waals surface area (Å²) < 4.78 is 6.00. The summed E-state index contributed by atoms with van der Waals surface area (Å²) in [5, 5.41) is 3.30. The second-order valence-electron chi connectivity index (χ2n) is 9.91. The molecule has 178 valence electrons. The lowest BCUT2D eigenvalue weighted by Crippen LogP contribution is -2.57. The van der Waals surface area contributed by atoms with E-state index in [9.17, 15) is 9.59 Å². The maximum absolute atomic E-state index is 12.8. The quantitative estimate of drug-likeness (QED) is 0.633. The van der Waals surface area contributed by atoms with Gasteiger partial charge in [-0.15, -0.1) is 0 Å². The number of hydrogen-bond acceptors (Lipinski definition) is 5. The average Bonchev–Trinajstić information content (AvgIpc) is 2.75. The van der Waals surface area contributed by atoms with Crippen LogP contribution in [0.1, 0.15) is 38.7 Å². The van der Waals surface area contributed by atoms with E-state index in [1.54, 1.807) is 4.90 Å². The standard InChI is InChI=1S/C25H40N4O3/c1-19(2)15-23-25(31)29(14-11-26-23)17-24(30)28-12-9-21(10-13-28)18-32-22-7-5-20(6-8-22)16-27(3)4/h5-8,19,21,23,26H,9-18H2,1-4H3/t23-/m0/s1. The lowest BCUT2D eigenvalue weighted by molar-refractivity contribution is -0.144. The van der Waals surface area contributed by atoms with Crippen molar-refractivity contribution in [3.8, 4) is 5.75 Å². The topological polar surface area (TPSA) is 65.1 Å². The highest BCUT2D eigenvalue weighted by molar-refractivity contribution is 5.88. The zero-order valence-corrected chi connectivity index (χ0v) is 20.2. The molecule has 2 amide bonds. The Hall–Kier alpha value is -2.12. The molecule has 0 aliphatic carbocycles. The number of likely N-dealkylation sites (tertiary alicyclic amines) is 1. The summed E-state index contributed by atoms with van der Waals surface area (Å²) in [5.41, 5.74) is 1.27. The zero-order chi connectivity index (χ0) is 23.1. The predicted molar refractivity (Wildman–Crippen MR) is 126 cm³/mol. The fourth-order valence-corrected chi connectivity index (χ4v) is 4.49. The Morgan fingerprint density at radius 1 is 1.16 bits per heavy atom. The Morgan fingerprint density at radius 3 is 2.47 bits per heavy atom. The van der Waals surface area contributed by atoms with Gasteiger partial charge in [-0.1, -0.05) is 26.0 Å². The third-order valence-electron chi connectivity index (χ3n) is 6.29. The van der Waals surface area contributed by atoms with Gasteiger partial charge >= 0.3 is 0 Å². The van der Waals surface area contributed by atoms with Crippen LogP contribution in [0, 0.1) is 11.8 Å². The molecule has 0 aromatic heterocycles. The Morgan fingerprint density at radius 2 is 1.84 bits per heavy atom. The fraction of sp³-hybridized carbons (Fsp3) is 0.680. The third-order valence-corrected chi connectivity index (χ3v) is 6.29. The smallest absolute Gasteiger partial charge is 0.242 e. The number of hydrogen-bond donors (Lipinski definition) is 1. The molecule has 7 nitrogen and oxygen atoms in total. The number of piperidine rings is 1. The van der Waals surface area contributed by atoms with E-state index in [0.29, 0.717) is 25.0 Å². The maximum Gasteiger partial charge on any atom is 0.242 e. The van der Waals surface area contributed by atoms with Gasteiger partial charge in [0, 0.05) is 32.7 Å². The first-order chi connectivity index (χ1) is 15.3. The van der Waals surface area contributed by atoms with E-state index >= 15 is 0 Å². The molecule has 1 aromatic carbocycles. The molecule has 32 heavy (non-hydrogen) atoms. The summed E-state index contributed by atoms with van der Waals surface area (Å²) in [5.74, 6) is 1.94. The first-order valence-corrected chi connectivity index (χ1v) is 12.0. The van der Waals surface area contributed by atoms with E-state index in [1.165, 1.54) is 5.56 Å². The molecule has 0 radical (unpaired) electrons. The number of benzene rings is 1. The second-order valence-corrected chi connectivity index (χ2v) is 9.91.